The van der Waals surface area contributed by atoms with Crippen molar-refractivity contribution in [2.45, 2.75) is 44.1 Å². The summed E-state index contributed by atoms with van der Waals surface area (Å²) in [6.07, 6.45) is 5.52. The maximum Gasteiger partial charge on any atom is 0.277 e. The molecular formula is C27H28ClN3O2S. The van der Waals surface area contributed by atoms with E-state index >= 15 is 0 Å². The van der Waals surface area contributed by atoms with Crippen molar-refractivity contribution in [3.8, 4) is 0 Å². The largest absolute Gasteiger partial charge is 0.307 e. The maximum absolute atomic E-state index is 13.3. The van der Waals surface area contributed by atoms with Crippen LogP contribution in [0.1, 0.15) is 51.8 Å². The molecule has 1 amide bonds. The molecule has 0 radical (unpaired) electrons. The number of para-hydroxylation sites is 1. The van der Waals surface area contributed by atoms with Crippen LogP contribution in [0.4, 0.5) is 5.69 Å². The van der Waals surface area contributed by atoms with Crippen molar-refractivity contribution in [3.05, 3.63) is 80.8 Å². The van der Waals surface area contributed by atoms with E-state index in [4.69, 9.17) is 16.6 Å². The van der Waals surface area contributed by atoms with Gasteiger partial charge in [-0.05, 0) is 68.5 Å². The van der Waals surface area contributed by atoms with Crippen LogP contribution in [0.5, 0.6) is 0 Å². The first-order valence-electron chi connectivity index (χ1n) is 11.9. The number of anilines is 1. The maximum atomic E-state index is 13.3. The topological polar surface area (TPSA) is 53.5 Å². The Kier molecular flexibility index (Phi) is 7.09. The monoisotopic (exact) mass is 493 g/mol. The fourth-order valence-electron chi connectivity index (χ4n) is 5.09. The molecule has 2 aromatic carbocycles. The minimum Gasteiger partial charge on any atom is -0.307 e. The molecule has 1 atom stereocenters. The van der Waals surface area contributed by atoms with E-state index in [9.17, 15) is 9.59 Å². The fraction of sp³-hybridized carbons (Fsp3) is 0.370. The van der Waals surface area contributed by atoms with Crippen LogP contribution in [0.25, 0.3) is 0 Å². The number of aryl methyl sites for hydroxylation is 1. The van der Waals surface area contributed by atoms with Crippen molar-refractivity contribution in [2.24, 2.45) is 0 Å². The lowest BCUT2D eigenvalue weighted by Crippen LogP contribution is -2.43. The zero-order chi connectivity index (χ0) is 23.5. The molecule has 0 bridgehead atoms. The third kappa shape index (κ3) is 4.81. The second-order valence-electron chi connectivity index (χ2n) is 9.07. The fourth-order valence-corrected chi connectivity index (χ4v) is 6.26. The molecular weight excluding hydrogens is 466 g/mol. The summed E-state index contributed by atoms with van der Waals surface area (Å²) in [6.45, 7) is 2.40. The Morgan fingerprint density at radius 1 is 1.12 bits per heavy atom. The van der Waals surface area contributed by atoms with Crippen molar-refractivity contribution in [2.75, 3.05) is 24.5 Å². The smallest absolute Gasteiger partial charge is 0.277 e. The number of thiazole rings is 1. The van der Waals surface area contributed by atoms with E-state index in [1.54, 1.807) is 11.3 Å². The van der Waals surface area contributed by atoms with Crippen LogP contribution in [0.2, 0.25) is 5.02 Å². The van der Waals surface area contributed by atoms with Crippen LogP contribution in [0, 0.1) is 0 Å². The summed E-state index contributed by atoms with van der Waals surface area (Å²) in [7, 11) is 0. The summed E-state index contributed by atoms with van der Waals surface area (Å²) in [4.78, 5) is 34.0. The number of amides is 1. The lowest BCUT2D eigenvalue weighted by molar-refractivity contribution is -0.112. The molecule has 3 heterocycles. The standard InChI is InChI=1S/C27H28ClN3O2S/c28-23-9-3-1-7-21(23)16-22(17-32)30-14-11-20(12-15-30)26-29-24(18-34-26)27(33)31-13-5-8-19-6-2-4-10-25(19)31/h1-4,6-7,9-10,17-18,20,22H,5,8,11-16H2. The van der Waals surface area contributed by atoms with E-state index in [1.807, 2.05) is 52.7 Å². The average molecular weight is 494 g/mol. The van der Waals surface area contributed by atoms with Gasteiger partial charge in [0.05, 0.1) is 11.0 Å². The van der Waals surface area contributed by atoms with Crippen molar-refractivity contribution in [3.63, 3.8) is 0 Å². The molecule has 176 valence electrons. The molecule has 0 saturated carbocycles. The third-order valence-corrected chi connectivity index (χ3v) is 8.36. The molecule has 1 aromatic heterocycles. The van der Waals surface area contributed by atoms with Crippen LogP contribution in [0.3, 0.4) is 0 Å². The van der Waals surface area contributed by atoms with Gasteiger partial charge in [-0.2, -0.15) is 0 Å². The second-order valence-corrected chi connectivity index (χ2v) is 10.4. The molecule has 2 aliphatic rings. The summed E-state index contributed by atoms with van der Waals surface area (Å²) in [5.41, 5.74) is 3.79. The van der Waals surface area contributed by atoms with Gasteiger partial charge in [-0.1, -0.05) is 48.0 Å². The number of likely N-dealkylation sites (tertiary alicyclic amines) is 1. The Morgan fingerprint density at radius 3 is 2.68 bits per heavy atom. The Bertz CT molecular complexity index is 1170. The van der Waals surface area contributed by atoms with Crippen LogP contribution >= 0.6 is 22.9 Å². The molecule has 34 heavy (non-hydrogen) atoms. The van der Waals surface area contributed by atoms with Crippen molar-refractivity contribution in [1.82, 2.24) is 9.88 Å². The number of halogens is 1. The molecule has 0 spiro atoms. The minimum absolute atomic E-state index is 0.00663. The average Bonchev–Trinajstić information content (AvgIpc) is 3.38. The number of hydrogen-bond acceptors (Lipinski definition) is 5. The van der Waals surface area contributed by atoms with Crippen LogP contribution < -0.4 is 4.90 Å². The van der Waals surface area contributed by atoms with Gasteiger partial charge < -0.3 is 9.69 Å². The van der Waals surface area contributed by atoms with Crippen LogP contribution in [-0.4, -0.2) is 47.8 Å². The number of fused-ring (bicyclic) bond motifs is 1. The number of rotatable bonds is 6. The van der Waals surface area contributed by atoms with E-state index in [0.717, 1.165) is 67.9 Å². The molecule has 0 N–H and O–H groups in total. The number of nitrogens with zero attached hydrogens (tertiary/aromatic N) is 3. The zero-order valence-corrected chi connectivity index (χ0v) is 20.6. The highest BCUT2D eigenvalue weighted by Crippen LogP contribution is 2.33. The van der Waals surface area contributed by atoms with Gasteiger partial charge in [0.15, 0.2) is 0 Å². The van der Waals surface area contributed by atoms with Crippen LogP contribution in [-0.2, 0) is 17.6 Å². The molecule has 5 rings (SSSR count). The first kappa shape index (κ1) is 23.2. The van der Waals surface area contributed by atoms with Gasteiger partial charge in [0.2, 0.25) is 0 Å². The number of piperidine rings is 1. The third-order valence-electron chi connectivity index (χ3n) is 6.99. The van der Waals surface area contributed by atoms with E-state index in [2.05, 4.69) is 11.0 Å². The lowest BCUT2D eigenvalue weighted by atomic mass is 9.95. The summed E-state index contributed by atoms with van der Waals surface area (Å²) in [6, 6.07) is 15.7. The van der Waals surface area contributed by atoms with E-state index < -0.39 is 0 Å². The molecule has 1 fully saturated rings. The highest BCUT2D eigenvalue weighted by atomic mass is 35.5. The second kappa shape index (κ2) is 10.4. The molecule has 0 aliphatic carbocycles. The summed E-state index contributed by atoms with van der Waals surface area (Å²) >= 11 is 7.89. The zero-order valence-electron chi connectivity index (χ0n) is 19.0. The summed E-state index contributed by atoms with van der Waals surface area (Å²) in [5.74, 6) is 0.317. The SMILES string of the molecule is O=CC(Cc1ccccc1Cl)N1CCC(c2nc(C(=O)N3CCCc4ccccc43)cs2)CC1. The Labute approximate surface area is 209 Å². The summed E-state index contributed by atoms with van der Waals surface area (Å²) < 4.78 is 0. The predicted octanol–water partition coefficient (Wildman–Crippen LogP) is 5.38. The van der Waals surface area contributed by atoms with Crippen molar-refractivity contribution < 1.29 is 9.59 Å². The van der Waals surface area contributed by atoms with Crippen molar-refractivity contribution >= 4 is 40.8 Å². The van der Waals surface area contributed by atoms with Gasteiger partial charge in [-0.25, -0.2) is 4.98 Å². The normalized spacial score (nSPS) is 17.9. The molecule has 1 saturated heterocycles. The number of benzene rings is 2. The number of aldehydes is 1. The van der Waals surface area contributed by atoms with Gasteiger partial charge in [0, 0.05) is 28.6 Å². The van der Waals surface area contributed by atoms with E-state index in [-0.39, 0.29) is 11.9 Å². The number of aromatic nitrogens is 1. The first-order valence-corrected chi connectivity index (χ1v) is 13.2. The Morgan fingerprint density at radius 2 is 1.88 bits per heavy atom. The Balaban J connectivity index is 1.22. The minimum atomic E-state index is -0.173. The Hall–Kier alpha value is -2.54. The van der Waals surface area contributed by atoms with Gasteiger partial charge in [-0.15, -0.1) is 11.3 Å². The van der Waals surface area contributed by atoms with Gasteiger partial charge in [-0.3, -0.25) is 9.69 Å². The molecule has 5 nitrogen and oxygen atoms in total. The number of carbonyl (C=O) groups is 2. The first-order chi connectivity index (χ1) is 16.6. The van der Waals surface area contributed by atoms with Crippen LogP contribution in [0.15, 0.2) is 53.9 Å². The predicted molar refractivity (Wildman–Crippen MR) is 137 cm³/mol. The van der Waals surface area contributed by atoms with Gasteiger partial charge in [0.1, 0.15) is 12.0 Å². The summed E-state index contributed by atoms with van der Waals surface area (Å²) in [5, 5.41) is 3.65. The van der Waals surface area contributed by atoms with E-state index in [0.29, 0.717) is 23.1 Å². The highest BCUT2D eigenvalue weighted by molar-refractivity contribution is 7.10. The number of carbonyl (C=O) groups excluding carboxylic acids is 2. The number of hydrogen-bond donors (Lipinski definition) is 0. The van der Waals surface area contributed by atoms with E-state index in [1.165, 1.54) is 5.56 Å². The van der Waals surface area contributed by atoms with Gasteiger partial charge in [0.25, 0.3) is 5.91 Å². The van der Waals surface area contributed by atoms with Crippen molar-refractivity contribution in [1.29, 1.82) is 0 Å². The molecule has 1 unspecified atom stereocenters. The molecule has 3 aromatic rings. The molecule has 2 aliphatic heterocycles. The lowest BCUT2D eigenvalue weighted by Gasteiger charge is -2.34. The highest BCUT2D eigenvalue weighted by Gasteiger charge is 2.30. The molecule has 7 heteroatoms. The van der Waals surface area contributed by atoms with Gasteiger partial charge >= 0.3 is 0 Å². The quantitative estimate of drug-likeness (QED) is 0.433.